The average molecular weight is 477 g/mol. The lowest BCUT2D eigenvalue weighted by molar-refractivity contribution is -0.137. The molecule has 3 aromatic rings. The van der Waals surface area contributed by atoms with E-state index < -0.39 is 18.0 Å². The van der Waals surface area contributed by atoms with Crippen molar-refractivity contribution in [3.63, 3.8) is 0 Å². The smallest absolute Gasteiger partial charge is 0.411 e. The second kappa shape index (κ2) is 10.0. The molecule has 9 nitrogen and oxygen atoms in total. The van der Waals surface area contributed by atoms with Crippen LogP contribution in [0.4, 0.5) is 10.5 Å². The molecule has 0 unspecified atom stereocenters. The molecule has 0 bridgehead atoms. The Balaban J connectivity index is 1.47. The van der Waals surface area contributed by atoms with E-state index in [0.29, 0.717) is 0 Å². The first-order valence-corrected chi connectivity index (χ1v) is 11.4. The van der Waals surface area contributed by atoms with Crippen LogP contribution in [0, 0.1) is 0 Å². The first-order chi connectivity index (χ1) is 16.8. The lowest BCUT2D eigenvalue weighted by atomic mass is 9.98. The molecule has 0 spiro atoms. The Kier molecular flexibility index (Phi) is 6.86. The van der Waals surface area contributed by atoms with Gasteiger partial charge in [-0.25, -0.2) is 4.79 Å². The molecule has 35 heavy (non-hydrogen) atoms. The molecule has 0 saturated heterocycles. The normalized spacial score (nSPS) is 12.2. The monoisotopic (exact) mass is 476 g/mol. The van der Waals surface area contributed by atoms with Crippen LogP contribution in [0.5, 0.6) is 0 Å². The summed E-state index contributed by atoms with van der Waals surface area (Å²) < 4.78 is 6.94. The number of aliphatic carboxylic acids is 1. The largest absolute Gasteiger partial charge is 0.481 e. The zero-order chi connectivity index (χ0) is 25.1. The van der Waals surface area contributed by atoms with Crippen molar-refractivity contribution in [2.45, 2.75) is 32.2 Å². The SMILES string of the molecule is CC(C)N(CCC(=O)O)C(=O)c1c(NC(=O)OCC2c3ccccc3-c3ccccc32)cnn1C. The maximum Gasteiger partial charge on any atom is 0.411 e. The lowest BCUT2D eigenvalue weighted by Gasteiger charge is -2.26. The van der Waals surface area contributed by atoms with Crippen LogP contribution in [0.3, 0.4) is 0 Å². The predicted octanol–water partition coefficient (Wildman–Crippen LogP) is 4.11. The minimum absolute atomic E-state index is 0.0431. The number of nitrogens with one attached hydrogen (secondary N) is 1. The van der Waals surface area contributed by atoms with Crippen LogP contribution in [0.1, 0.15) is 47.8 Å². The number of carboxylic acid groups (broad SMARTS) is 1. The number of carbonyl (C=O) groups excluding carboxylic acids is 2. The number of aromatic nitrogens is 2. The standard InChI is InChI=1S/C26H28N4O5/c1-16(2)30(13-12-23(31)32)25(33)24-22(14-27-29(24)3)28-26(34)35-15-21-19-10-6-4-8-17(19)18-9-5-7-11-20(18)21/h4-11,14,16,21H,12-13,15H2,1-3H3,(H,28,34)(H,31,32). The number of fused-ring (bicyclic) bond motifs is 3. The first-order valence-electron chi connectivity index (χ1n) is 11.4. The van der Waals surface area contributed by atoms with E-state index in [1.165, 1.54) is 15.8 Å². The molecule has 0 fully saturated rings. The fourth-order valence-electron chi connectivity index (χ4n) is 4.47. The summed E-state index contributed by atoms with van der Waals surface area (Å²) in [5, 5.41) is 15.8. The van der Waals surface area contributed by atoms with Crippen LogP contribution >= 0.6 is 0 Å². The van der Waals surface area contributed by atoms with Gasteiger partial charge in [0.2, 0.25) is 0 Å². The third-order valence-corrected chi connectivity index (χ3v) is 6.17. The molecule has 0 radical (unpaired) electrons. The molecule has 9 heteroatoms. The quantitative estimate of drug-likeness (QED) is 0.506. The van der Waals surface area contributed by atoms with E-state index >= 15 is 0 Å². The number of nitrogens with zero attached hydrogens (tertiary/aromatic N) is 3. The van der Waals surface area contributed by atoms with Gasteiger partial charge in [0, 0.05) is 25.6 Å². The zero-order valence-electron chi connectivity index (χ0n) is 19.9. The van der Waals surface area contributed by atoms with Gasteiger partial charge in [0.15, 0.2) is 0 Å². The Hall–Kier alpha value is -4.14. The Morgan fingerprint density at radius 3 is 2.26 bits per heavy atom. The van der Waals surface area contributed by atoms with Gasteiger partial charge in [-0.05, 0) is 36.1 Å². The molecule has 1 aliphatic rings. The Morgan fingerprint density at radius 2 is 1.69 bits per heavy atom. The maximum absolute atomic E-state index is 13.2. The van der Waals surface area contributed by atoms with Gasteiger partial charge >= 0.3 is 12.1 Å². The third kappa shape index (κ3) is 4.89. The molecule has 0 saturated carbocycles. The van der Waals surface area contributed by atoms with Gasteiger partial charge < -0.3 is 14.7 Å². The van der Waals surface area contributed by atoms with Gasteiger partial charge in [-0.1, -0.05) is 48.5 Å². The number of carbonyl (C=O) groups is 3. The van der Waals surface area contributed by atoms with E-state index in [0.717, 1.165) is 22.3 Å². The number of anilines is 1. The summed E-state index contributed by atoms with van der Waals surface area (Å²) in [7, 11) is 1.59. The van der Waals surface area contributed by atoms with Crippen molar-refractivity contribution in [3.8, 4) is 11.1 Å². The second-order valence-corrected chi connectivity index (χ2v) is 8.72. The second-order valence-electron chi connectivity index (χ2n) is 8.72. The number of carboxylic acids is 1. The van der Waals surface area contributed by atoms with Crippen molar-refractivity contribution >= 4 is 23.7 Å². The first kappa shape index (κ1) is 24.0. The van der Waals surface area contributed by atoms with Crippen molar-refractivity contribution in [2.24, 2.45) is 7.05 Å². The van der Waals surface area contributed by atoms with E-state index in [2.05, 4.69) is 22.5 Å². The van der Waals surface area contributed by atoms with E-state index in [-0.39, 0.29) is 42.9 Å². The topological polar surface area (TPSA) is 114 Å². The van der Waals surface area contributed by atoms with Crippen LogP contribution in [0.25, 0.3) is 11.1 Å². The third-order valence-electron chi connectivity index (χ3n) is 6.17. The highest BCUT2D eigenvalue weighted by Gasteiger charge is 2.30. The van der Waals surface area contributed by atoms with Crippen LogP contribution in [0.15, 0.2) is 54.7 Å². The molecule has 2 N–H and O–H groups in total. The van der Waals surface area contributed by atoms with E-state index in [4.69, 9.17) is 9.84 Å². The molecular weight excluding hydrogens is 448 g/mol. The molecule has 1 aliphatic carbocycles. The minimum atomic E-state index is -0.995. The van der Waals surface area contributed by atoms with E-state index in [1.807, 2.05) is 36.4 Å². The van der Waals surface area contributed by atoms with Gasteiger partial charge in [0.05, 0.1) is 18.3 Å². The van der Waals surface area contributed by atoms with Crippen LogP contribution < -0.4 is 5.32 Å². The average Bonchev–Trinajstić information content (AvgIpc) is 3.34. The van der Waals surface area contributed by atoms with Crippen LogP contribution in [-0.2, 0) is 16.6 Å². The van der Waals surface area contributed by atoms with Crippen molar-refractivity contribution in [1.29, 1.82) is 0 Å². The molecule has 0 atom stereocenters. The van der Waals surface area contributed by atoms with E-state index in [9.17, 15) is 14.4 Å². The molecule has 1 aromatic heterocycles. The molecular formula is C26H28N4O5. The van der Waals surface area contributed by atoms with Gasteiger partial charge in [0.25, 0.3) is 5.91 Å². The Labute approximate surface area is 203 Å². The molecule has 182 valence electrons. The van der Waals surface area contributed by atoms with Gasteiger partial charge in [-0.3, -0.25) is 19.6 Å². The maximum atomic E-state index is 13.2. The fraction of sp³-hybridized carbons (Fsp3) is 0.308. The summed E-state index contributed by atoms with van der Waals surface area (Å²) in [6, 6.07) is 15.9. The number of ether oxygens (including phenoxy) is 1. The molecule has 1 heterocycles. The zero-order valence-corrected chi connectivity index (χ0v) is 19.9. The predicted molar refractivity (Wildman–Crippen MR) is 130 cm³/mol. The van der Waals surface area contributed by atoms with Crippen LogP contribution in [-0.4, -0.2) is 57.0 Å². The summed E-state index contributed by atoms with van der Waals surface area (Å²) in [6.45, 7) is 3.78. The number of hydrogen-bond donors (Lipinski definition) is 2. The summed E-state index contributed by atoms with van der Waals surface area (Å²) in [5.41, 5.74) is 4.82. The summed E-state index contributed by atoms with van der Waals surface area (Å²) in [5.74, 6) is -1.50. The highest BCUT2D eigenvalue weighted by atomic mass is 16.5. The summed E-state index contributed by atoms with van der Waals surface area (Å²) in [6.07, 6.45) is 0.497. The molecule has 4 rings (SSSR count). The molecule has 2 aromatic carbocycles. The van der Waals surface area contributed by atoms with Crippen molar-refractivity contribution in [2.75, 3.05) is 18.5 Å². The molecule has 2 amide bonds. The van der Waals surface area contributed by atoms with Gasteiger partial charge in [0.1, 0.15) is 12.3 Å². The van der Waals surface area contributed by atoms with Crippen molar-refractivity contribution in [1.82, 2.24) is 14.7 Å². The Bertz CT molecular complexity index is 1220. The number of amides is 2. The lowest BCUT2D eigenvalue weighted by Crippen LogP contribution is -2.39. The van der Waals surface area contributed by atoms with E-state index in [1.54, 1.807) is 20.9 Å². The highest BCUT2D eigenvalue weighted by Crippen LogP contribution is 2.44. The molecule has 0 aliphatic heterocycles. The van der Waals surface area contributed by atoms with Gasteiger partial charge in [-0.2, -0.15) is 5.10 Å². The number of aryl methyl sites for hydroxylation is 1. The Morgan fingerprint density at radius 1 is 1.09 bits per heavy atom. The van der Waals surface area contributed by atoms with Crippen molar-refractivity contribution < 1.29 is 24.2 Å². The highest BCUT2D eigenvalue weighted by molar-refractivity contribution is 6.01. The fourth-order valence-corrected chi connectivity index (χ4v) is 4.47. The van der Waals surface area contributed by atoms with Gasteiger partial charge in [-0.15, -0.1) is 0 Å². The van der Waals surface area contributed by atoms with Crippen molar-refractivity contribution in [3.05, 3.63) is 71.5 Å². The number of benzene rings is 2. The summed E-state index contributed by atoms with van der Waals surface area (Å²) in [4.78, 5) is 38.4. The number of rotatable bonds is 8. The summed E-state index contributed by atoms with van der Waals surface area (Å²) >= 11 is 0. The number of hydrogen-bond acceptors (Lipinski definition) is 5. The minimum Gasteiger partial charge on any atom is -0.481 e. The van der Waals surface area contributed by atoms with Crippen LogP contribution in [0.2, 0.25) is 0 Å².